The van der Waals surface area contributed by atoms with Crippen LogP contribution in [0.5, 0.6) is 0 Å². The number of hydrogen-bond donors (Lipinski definition) is 1. The van der Waals surface area contributed by atoms with E-state index in [1.165, 1.54) is 18.4 Å². The highest BCUT2D eigenvalue weighted by Gasteiger charge is 2.23. The van der Waals surface area contributed by atoms with Crippen molar-refractivity contribution in [1.82, 2.24) is 5.32 Å². The average molecular weight is 220 g/mol. The maximum atomic E-state index is 5.33. The molecule has 0 radical (unpaired) electrons. The van der Waals surface area contributed by atoms with Gasteiger partial charge in [0, 0.05) is 18.8 Å². The molecule has 3 heteroatoms. The zero-order chi connectivity index (χ0) is 10.8. The number of thiocarbonyl (C=S) groups is 1. The summed E-state index contributed by atoms with van der Waals surface area (Å²) < 4.78 is 0. The Bertz CT molecular complexity index is 372. The molecular formula is C12H16N2S. The van der Waals surface area contributed by atoms with Crippen molar-refractivity contribution in [2.24, 2.45) is 0 Å². The number of rotatable bonds is 2. The van der Waals surface area contributed by atoms with Crippen molar-refractivity contribution in [2.45, 2.75) is 25.8 Å². The summed E-state index contributed by atoms with van der Waals surface area (Å²) in [6.07, 6.45) is 2.50. The SMILES string of the molecule is Cc1cccc(N(C)C(=S)NC2CC2)c1. The summed E-state index contributed by atoms with van der Waals surface area (Å²) in [5.41, 5.74) is 2.40. The van der Waals surface area contributed by atoms with Crippen LogP contribution in [-0.2, 0) is 0 Å². The second-order valence-electron chi connectivity index (χ2n) is 4.12. The van der Waals surface area contributed by atoms with E-state index in [0.29, 0.717) is 6.04 Å². The van der Waals surface area contributed by atoms with E-state index in [2.05, 4.69) is 36.5 Å². The van der Waals surface area contributed by atoms with Gasteiger partial charge in [-0.1, -0.05) is 12.1 Å². The lowest BCUT2D eigenvalue weighted by Gasteiger charge is -2.21. The highest BCUT2D eigenvalue weighted by molar-refractivity contribution is 7.80. The molecular weight excluding hydrogens is 204 g/mol. The second-order valence-corrected chi connectivity index (χ2v) is 4.51. The standard InChI is InChI=1S/C12H16N2S/c1-9-4-3-5-11(8-9)14(2)12(15)13-10-6-7-10/h3-5,8,10H,6-7H2,1-2H3,(H,13,15). The van der Waals surface area contributed by atoms with Gasteiger partial charge in [0.05, 0.1) is 0 Å². The first-order valence-electron chi connectivity index (χ1n) is 5.28. The fraction of sp³-hybridized carbons (Fsp3) is 0.417. The van der Waals surface area contributed by atoms with Crippen LogP contribution in [0.2, 0.25) is 0 Å². The van der Waals surface area contributed by atoms with Crippen molar-refractivity contribution < 1.29 is 0 Å². The highest BCUT2D eigenvalue weighted by Crippen LogP contribution is 2.20. The lowest BCUT2D eigenvalue weighted by molar-refractivity contribution is 0.901. The van der Waals surface area contributed by atoms with Crippen LogP contribution in [0.4, 0.5) is 5.69 Å². The molecule has 0 aromatic heterocycles. The van der Waals surface area contributed by atoms with E-state index in [1.807, 2.05) is 11.9 Å². The molecule has 1 fully saturated rings. The van der Waals surface area contributed by atoms with Crippen molar-refractivity contribution in [3.8, 4) is 0 Å². The Balaban J connectivity index is 2.05. The summed E-state index contributed by atoms with van der Waals surface area (Å²) in [7, 11) is 2.01. The molecule has 0 heterocycles. The van der Waals surface area contributed by atoms with E-state index in [4.69, 9.17) is 12.2 Å². The molecule has 0 spiro atoms. The Morgan fingerprint density at radius 3 is 2.80 bits per heavy atom. The number of hydrogen-bond acceptors (Lipinski definition) is 1. The summed E-state index contributed by atoms with van der Waals surface area (Å²) in [5.74, 6) is 0. The van der Waals surface area contributed by atoms with Gasteiger partial charge in [0.1, 0.15) is 0 Å². The zero-order valence-electron chi connectivity index (χ0n) is 9.16. The number of aryl methyl sites for hydroxylation is 1. The molecule has 80 valence electrons. The Labute approximate surface area is 96.3 Å². The topological polar surface area (TPSA) is 15.3 Å². The fourth-order valence-corrected chi connectivity index (χ4v) is 1.73. The predicted octanol–water partition coefficient (Wildman–Crippen LogP) is 2.47. The molecule has 0 unspecified atom stereocenters. The molecule has 2 rings (SSSR count). The van der Waals surface area contributed by atoms with Crippen LogP contribution in [0.25, 0.3) is 0 Å². The third kappa shape index (κ3) is 2.69. The van der Waals surface area contributed by atoms with Gasteiger partial charge in [-0.25, -0.2) is 0 Å². The van der Waals surface area contributed by atoms with Crippen LogP contribution in [0.15, 0.2) is 24.3 Å². The van der Waals surface area contributed by atoms with Crippen LogP contribution in [0, 0.1) is 6.92 Å². The monoisotopic (exact) mass is 220 g/mol. The Morgan fingerprint density at radius 2 is 2.20 bits per heavy atom. The van der Waals surface area contributed by atoms with Crippen LogP contribution in [0.3, 0.4) is 0 Å². The summed E-state index contributed by atoms with van der Waals surface area (Å²) in [6.45, 7) is 2.09. The van der Waals surface area contributed by atoms with Gasteiger partial charge in [-0.15, -0.1) is 0 Å². The molecule has 2 nitrogen and oxygen atoms in total. The molecule has 1 N–H and O–H groups in total. The first-order valence-corrected chi connectivity index (χ1v) is 5.68. The van der Waals surface area contributed by atoms with Crippen molar-refractivity contribution >= 4 is 23.0 Å². The number of anilines is 1. The lowest BCUT2D eigenvalue weighted by atomic mass is 10.2. The molecule has 15 heavy (non-hydrogen) atoms. The van der Waals surface area contributed by atoms with Gasteiger partial charge < -0.3 is 10.2 Å². The van der Waals surface area contributed by atoms with Gasteiger partial charge in [0.2, 0.25) is 0 Å². The summed E-state index contributed by atoms with van der Waals surface area (Å²) >= 11 is 5.33. The molecule has 0 aliphatic heterocycles. The third-order valence-electron chi connectivity index (χ3n) is 2.60. The van der Waals surface area contributed by atoms with Crippen molar-refractivity contribution in [1.29, 1.82) is 0 Å². The minimum absolute atomic E-state index is 0.616. The second kappa shape index (κ2) is 4.19. The molecule has 1 saturated carbocycles. The largest absolute Gasteiger partial charge is 0.360 e. The van der Waals surface area contributed by atoms with Gasteiger partial charge in [0.25, 0.3) is 0 Å². The molecule has 0 atom stereocenters. The summed E-state index contributed by atoms with van der Waals surface area (Å²) in [4.78, 5) is 2.03. The smallest absolute Gasteiger partial charge is 0.173 e. The zero-order valence-corrected chi connectivity index (χ0v) is 9.97. The molecule has 0 bridgehead atoms. The normalized spacial score (nSPS) is 14.8. The van der Waals surface area contributed by atoms with E-state index in [-0.39, 0.29) is 0 Å². The maximum Gasteiger partial charge on any atom is 0.173 e. The Kier molecular flexibility index (Phi) is 2.91. The minimum Gasteiger partial charge on any atom is -0.360 e. The Morgan fingerprint density at radius 1 is 1.47 bits per heavy atom. The first kappa shape index (κ1) is 10.4. The minimum atomic E-state index is 0.616. The van der Waals surface area contributed by atoms with Crippen molar-refractivity contribution in [3.63, 3.8) is 0 Å². The predicted molar refractivity (Wildman–Crippen MR) is 68.3 cm³/mol. The molecule has 1 aliphatic rings. The average Bonchev–Trinajstić information content (AvgIpc) is 3.00. The number of nitrogens with one attached hydrogen (secondary N) is 1. The lowest BCUT2D eigenvalue weighted by Crippen LogP contribution is -2.38. The van der Waals surface area contributed by atoms with E-state index >= 15 is 0 Å². The van der Waals surface area contributed by atoms with Gasteiger partial charge in [-0.3, -0.25) is 0 Å². The number of benzene rings is 1. The van der Waals surface area contributed by atoms with E-state index < -0.39 is 0 Å². The summed E-state index contributed by atoms with van der Waals surface area (Å²) in [6, 6.07) is 8.98. The Hall–Kier alpha value is -1.09. The van der Waals surface area contributed by atoms with Gasteiger partial charge >= 0.3 is 0 Å². The maximum absolute atomic E-state index is 5.33. The molecule has 1 aromatic carbocycles. The van der Waals surface area contributed by atoms with Gasteiger partial charge in [-0.2, -0.15) is 0 Å². The quantitative estimate of drug-likeness (QED) is 0.771. The molecule has 1 aromatic rings. The summed E-state index contributed by atoms with van der Waals surface area (Å²) in [5, 5.41) is 4.15. The van der Waals surface area contributed by atoms with Crippen molar-refractivity contribution in [3.05, 3.63) is 29.8 Å². The number of nitrogens with zero attached hydrogens (tertiary/aromatic N) is 1. The van der Waals surface area contributed by atoms with E-state index in [9.17, 15) is 0 Å². The third-order valence-corrected chi connectivity index (χ3v) is 2.99. The van der Waals surface area contributed by atoms with Gasteiger partial charge in [-0.05, 0) is 49.7 Å². The first-order chi connectivity index (χ1) is 7.16. The van der Waals surface area contributed by atoms with E-state index in [0.717, 1.165) is 10.8 Å². The van der Waals surface area contributed by atoms with Crippen LogP contribution < -0.4 is 10.2 Å². The van der Waals surface area contributed by atoms with E-state index in [1.54, 1.807) is 0 Å². The van der Waals surface area contributed by atoms with Gasteiger partial charge in [0.15, 0.2) is 5.11 Å². The van der Waals surface area contributed by atoms with Crippen molar-refractivity contribution in [2.75, 3.05) is 11.9 Å². The fourth-order valence-electron chi connectivity index (χ4n) is 1.45. The van der Waals surface area contributed by atoms with Crippen LogP contribution in [-0.4, -0.2) is 18.2 Å². The molecule has 0 saturated heterocycles. The molecule has 0 amide bonds. The van der Waals surface area contributed by atoms with Crippen LogP contribution >= 0.6 is 12.2 Å². The molecule has 1 aliphatic carbocycles. The highest BCUT2D eigenvalue weighted by atomic mass is 32.1. The van der Waals surface area contributed by atoms with Crippen LogP contribution in [0.1, 0.15) is 18.4 Å².